The molecule has 0 N–H and O–H groups in total. The maximum atomic E-state index is 13.6. The second kappa shape index (κ2) is 9.28. The first-order valence-corrected chi connectivity index (χ1v) is 13.4. The molecule has 3 aromatic rings. The van der Waals surface area contributed by atoms with Gasteiger partial charge in [-0.1, -0.05) is 13.8 Å². The summed E-state index contributed by atoms with van der Waals surface area (Å²) in [5.74, 6) is 0.785. The van der Waals surface area contributed by atoms with Crippen molar-refractivity contribution in [3.05, 3.63) is 53.4 Å². The third-order valence-electron chi connectivity index (χ3n) is 5.74. The van der Waals surface area contributed by atoms with E-state index in [0.717, 1.165) is 11.3 Å². The molecule has 2 aromatic heterocycles. The van der Waals surface area contributed by atoms with E-state index in [1.165, 1.54) is 16.1 Å². The highest BCUT2D eigenvalue weighted by atomic mass is 32.2. The van der Waals surface area contributed by atoms with Gasteiger partial charge in [0, 0.05) is 25.3 Å². The molecule has 0 spiro atoms. The number of aryl methyl sites for hydroxylation is 1. The number of rotatable bonds is 7. The van der Waals surface area contributed by atoms with Gasteiger partial charge in [-0.3, -0.25) is 4.79 Å². The first-order valence-electron chi connectivity index (χ1n) is 10.7. The third kappa shape index (κ3) is 4.18. The maximum absolute atomic E-state index is 13.6. The number of benzene rings is 1. The molecule has 10 heteroatoms. The van der Waals surface area contributed by atoms with Gasteiger partial charge < -0.3 is 9.32 Å². The zero-order valence-electron chi connectivity index (χ0n) is 19.0. The van der Waals surface area contributed by atoms with Gasteiger partial charge in [0.05, 0.1) is 22.4 Å². The van der Waals surface area contributed by atoms with Gasteiger partial charge in [-0.15, -0.1) is 11.8 Å². The van der Waals surface area contributed by atoms with Crippen LogP contribution < -0.4 is 4.90 Å². The molecule has 0 saturated carbocycles. The molecule has 0 aliphatic carbocycles. The van der Waals surface area contributed by atoms with Gasteiger partial charge in [-0.05, 0) is 55.5 Å². The molecule has 0 radical (unpaired) electrons. The predicted octanol–water partition coefficient (Wildman–Crippen LogP) is 4.00. The second-order valence-electron chi connectivity index (χ2n) is 7.58. The third-order valence-corrected chi connectivity index (χ3v) is 8.47. The van der Waals surface area contributed by atoms with Crippen LogP contribution in [0.5, 0.6) is 0 Å². The Bertz CT molecular complexity index is 1290. The van der Waals surface area contributed by atoms with Crippen LogP contribution in [0.15, 0.2) is 50.9 Å². The molecule has 0 saturated heterocycles. The smallest absolute Gasteiger partial charge is 0.262 e. The molecule has 174 valence electrons. The van der Waals surface area contributed by atoms with Crippen molar-refractivity contribution in [2.24, 2.45) is 0 Å². The van der Waals surface area contributed by atoms with Crippen molar-refractivity contribution in [3.63, 3.8) is 0 Å². The number of fused-ring (bicyclic) bond motifs is 1. The summed E-state index contributed by atoms with van der Waals surface area (Å²) in [6, 6.07) is 8.54. The fourth-order valence-electron chi connectivity index (χ4n) is 4.05. The Morgan fingerprint density at radius 2 is 1.97 bits per heavy atom. The Morgan fingerprint density at radius 1 is 1.21 bits per heavy atom. The first-order chi connectivity index (χ1) is 15.8. The van der Waals surface area contributed by atoms with Crippen molar-refractivity contribution in [2.75, 3.05) is 30.8 Å². The van der Waals surface area contributed by atoms with Crippen LogP contribution in [-0.4, -0.2) is 54.5 Å². The van der Waals surface area contributed by atoms with Crippen LogP contribution >= 0.6 is 11.8 Å². The molecule has 0 bridgehead atoms. The molecular formula is C23H26N4O4S2. The number of hydrogen-bond donors (Lipinski definition) is 0. The summed E-state index contributed by atoms with van der Waals surface area (Å²) < 4.78 is 32.7. The van der Waals surface area contributed by atoms with Crippen molar-refractivity contribution >= 4 is 33.4 Å². The highest BCUT2D eigenvalue weighted by molar-refractivity contribution is 7.98. The van der Waals surface area contributed by atoms with Crippen molar-refractivity contribution < 1.29 is 17.6 Å². The summed E-state index contributed by atoms with van der Waals surface area (Å²) in [6.07, 6.45) is 4.01. The van der Waals surface area contributed by atoms with Gasteiger partial charge in [0.2, 0.25) is 10.0 Å². The lowest BCUT2D eigenvalue weighted by Crippen LogP contribution is -2.31. The van der Waals surface area contributed by atoms with Crippen LogP contribution in [0.25, 0.3) is 11.6 Å². The lowest BCUT2D eigenvalue weighted by molar-refractivity contribution is 0.0984. The van der Waals surface area contributed by atoms with E-state index in [2.05, 4.69) is 9.97 Å². The Labute approximate surface area is 198 Å². The summed E-state index contributed by atoms with van der Waals surface area (Å²) in [4.78, 5) is 24.6. The number of furan rings is 1. The topological polar surface area (TPSA) is 96.6 Å². The molecule has 0 unspecified atom stereocenters. The lowest BCUT2D eigenvalue weighted by Gasteiger charge is -2.21. The number of thioether (sulfide) groups is 1. The average molecular weight is 487 g/mol. The van der Waals surface area contributed by atoms with E-state index in [9.17, 15) is 13.2 Å². The molecule has 1 aliphatic heterocycles. The van der Waals surface area contributed by atoms with Gasteiger partial charge in [-0.2, -0.15) is 4.31 Å². The van der Waals surface area contributed by atoms with Crippen molar-refractivity contribution in [2.45, 2.75) is 37.1 Å². The Hall–Kier alpha value is -2.69. The minimum atomic E-state index is -3.56. The van der Waals surface area contributed by atoms with Gasteiger partial charge in [0.25, 0.3) is 5.91 Å². The number of sulfonamides is 1. The van der Waals surface area contributed by atoms with E-state index in [-0.39, 0.29) is 10.8 Å². The zero-order chi connectivity index (χ0) is 23.8. The summed E-state index contributed by atoms with van der Waals surface area (Å²) in [5, 5.41) is 0.577. The number of hydrogen-bond acceptors (Lipinski definition) is 7. The summed E-state index contributed by atoms with van der Waals surface area (Å²) in [6.45, 7) is 6.71. The van der Waals surface area contributed by atoms with E-state index in [0.29, 0.717) is 53.9 Å². The van der Waals surface area contributed by atoms with Gasteiger partial charge in [0.15, 0.2) is 11.6 Å². The highest BCUT2D eigenvalue weighted by Gasteiger charge is 2.31. The molecule has 0 fully saturated rings. The molecule has 1 amide bonds. The Morgan fingerprint density at radius 3 is 2.61 bits per heavy atom. The fraction of sp³-hybridized carbons (Fsp3) is 0.348. The van der Waals surface area contributed by atoms with E-state index in [1.54, 1.807) is 48.4 Å². The van der Waals surface area contributed by atoms with E-state index >= 15 is 0 Å². The number of aromatic nitrogens is 2. The monoisotopic (exact) mass is 486 g/mol. The Balaban J connectivity index is 1.69. The van der Waals surface area contributed by atoms with Crippen LogP contribution in [-0.2, 0) is 16.4 Å². The van der Waals surface area contributed by atoms with Crippen molar-refractivity contribution in [3.8, 4) is 11.6 Å². The van der Waals surface area contributed by atoms with Gasteiger partial charge in [-0.25, -0.2) is 18.4 Å². The van der Waals surface area contributed by atoms with Crippen LogP contribution in [0.3, 0.4) is 0 Å². The van der Waals surface area contributed by atoms with Crippen LogP contribution in [0.2, 0.25) is 0 Å². The van der Waals surface area contributed by atoms with Crippen LogP contribution in [0.4, 0.5) is 5.69 Å². The van der Waals surface area contributed by atoms with Crippen LogP contribution in [0, 0.1) is 6.92 Å². The molecule has 3 heterocycles. The molecule has 8 nitrogen and oxygen atoms in total. The SMILES string of the molecule is CCN(CC)S(=O)(=O)c1ccc2c(c1)CCN2C(=O)c1c(C)nc(-c2ccco2)nc1SC. The van der Waals surface area contributed by atoms with Crippen molar-refractivity contribution in [1.29, 1.82) is 0 Å². The van der Waals surface area contributed by atoms with Crippen molar-refractivity contribution in [1.82, 2.24) is 14.3 Å². The van der Waals surface area contributed by atoms with E-state index in [4.69, 9.17) is 4.42 Å². The summed E-state index contributed by atoms with van der Waals surface area (Å²) >= 11 is 1.38. The zero-order valence-corrected chi connectivity index (χ0v) is 20.7. The highest BCUT2D eigenvalue weighted by Crippen LogP contribution is 2.34. The minimum absolute atomic E-state index is 0.194. The molecule has 0 atom stereocenters. The normalized spacial score (nSPS) is 13.5. The maximum Gasteiger partial charge on any atom is 0.262 e. The first kappa shape index (κ1) is 23.5. The number of amides is 1. The van der Waals surface area contributed by atoms with Gasteiger partial charge >= 0.3 is 0 Å². The fourth-order valence-corrected chi connectivity index (χ4v) is 6.18. The average Bonchev–Trinajstić information content (AvgIpc) is 3.48. The number of nitrogens with zero attached hydrogens (tertiary/aromatic N) is 4. The quantitative estimate of drug-likeness (QED) is 0.368. The molecular weight excluding hydrogens is 460 g/mol. The van der Waals surface area contributed by atoms with Gasteiger partial charge in [0.1, 0.15) is 5.03 Å². The van der Waals surface area contributed by atoms with E-state index < -0.39 is 10.0 Å². The molecule has 1 aliphatic rings. The molecule has 1 aromatic carbocycles. The minimum Gasteiger partial charge on any atom is -0.461 e. The lowest BCUT2D eigenvalue weighted by atomic mass is 10.1. The standard InChI is InChI=1S/C23H26N4O4S2/c1-5-26(6-2)33(29,30)17-9-10-18-16(14-17)11-12-27(18)23(28)20-15(3)24-21(25-22(20)32-4)19-8-7-13-31-19/h7-10,13-14H,5-6,11-12H2,1-4H3. The largest absolute Gasteiger partial charge is 0.461 e. The number of carbonyl (C=O) groups excluding carboxylic acids is 1. The second-order valence-corrected chi connectivity index (χ2v) is 10.3. The predicted molar refractivity (Wildman–Crippen MR) is 128 cm³/mol. The molecule has 4 rings (SSSR count). The van der Waals surface area contributed by atoms with Crippen LogP contribution in [0.1, 0.15) is 35.5 Å². The Kier molecular flexibility index (Phi) is 6.60. The molecule has 33 heavy (non-hydrogen) atoms. The summed E-state index contributed by atoms with van der Waals surface area (Å²) in [5.41, 5.74) is 2.58. The number of anilines is 1. The summed E-state index contributed by atoms with van der Waals surface area (Å²) in [7, 11) is -3.56. The van der Waals surface area contributed by atoms with E-state index in [1.807, 2.05) is 20.1 Å². The number of carbonyl (C=O) groups is 1.